The maximum atomic E-state index is 12.9. The molecule has 0 N–H and O–H groups in total. The molecule has 0 unspecified atom stereocenters. The summed E-state index contributed by atoms with van der Waals surface area (Å²) < 4.78 is 29.0. The smallest absolute Gasteiger partial charge is 0.338 e. The molecule has 2 heterocycles. The Labute approximate surface area is 200 Å². The first-order valence-corrected chi connectivity index (χ1v) is 13.6. The van der Waals surface area contributed by atoms with Crippen LogP contribution in [0.5, 0.6) is 0 Å². The van der Waals surface area contributed by atoms with Crippen molar-refractivity contribution in [2.24, 2.45) is 5.92 Å². The molecule has 2 saturated heterocycles. The third kappa shape index (κ3) is 6.05. The lowest BCUT2D eigenvalue weighted by Crippen LogP contribution is -2.48. The number of carbonyl (C=O) groups is 2. The van der Waals surface area contributed by atoms with E-state index in [-0.39, 0.29) is 28.8 Å². The monoisotopic (exact) mass is 495 g/mol. The van der Waals surface area contributed by atoms with Crippen LogP contribution in [-0.2, 0) is 19.4 Å². The van der Waals surface area contributed by atoms with Crippen molar-refractivity contribution in [2.75, 3.05) is 36.1 Å². The van der Waals surface area contributed by atoms with E-state index in [1.165, 1.54) is 17.0 Å². The van der Waals surface area contributed by atoms with E-state index < -0.39 is 39.3 Å². The normalized spacial score (nSPS) is 21.1. The molecule has 10 nitrogen and oxygen atoms in total. The van der Waals surface area contributed by atoms with E-state index in [2.05, 4.69) is 6.92 Å². The van der Waals surface area contributed by atoms with Gasteiger partial charge in [0, 0.05) is 31.2 Å². The van der Waals surface area contributed by atoms with Gasteiger partial charge in [0.2, 0.25) is 0 Å². The zero-order chi connectivity index (χ0) is 25.0. The summed E-state index contributed by atoms with van der Waals surface area (Å²) in [5.41, 5.74) is 0.287. The Bertz CT molecular complexity index is 1030. The number of nitro benzene ring substituents is 1. The third-order valence-electron chi connectivity index (χ3n) is 6.81. The van der Waals surface area contributed by atoms with Crippen molar-refractivity contribution < 1.29 is 27.7 Å². The molecule has 1 aromatic rings. The average Bonchev–Trinajstić information content (AvgIpc) is 3.16. The molecular weight excluding hydrogens is 462 g/mol. The van der Waals surface area contributed by atoms with Crippen LogP contribution in [0.2, 0.25) is 0 Å². The molecule has 188 valence electrons. The summed E-state index contributed by atoms with van der Waals surface area (Å²) in [4.78, 5) is 40.1. The van der Waals surface area contributed by atoms with Crippen LogP contribution in [0.1, 0.15) is 56.8 Å². The van der Waals surface area contributed by atoms with Crippen molar-refractivity contribution in [3.8, 4) is 0 Å². The molecule has 0 radical (unpaired) electrons. The number of anilines is 1. The lowest BCUT2D eigenvalue weighted by Gasteiger charge is -2.33. The van der Waals surface area contributed by atoms with Crippen LogP contribution in [0, 0.1) is 16.0 Å². The molecule has 0 bridgehead atoms. The van der Waals surface area contributed by atoms with Gasteiger partial charge in [0.05, 0.1) is 22.0 Å². The lowest BCUT2D eigenvalue weighted by atomic mass is 9.98. The standard InChI is InChI=1S/C23H33N3O7S/c1-4-17(3)25(19-9-12-34(31,32)15-19)22(27)14-33-23(28)18-5-6-20(21(13-18)26(29)30)24-10-7-16(2)8-11-24/h5-6,13,16-17,19H,4,7-12,14-15H2,1-3H3/t17-,19+/m1/s1. The summed E-state index contributed by atoms with van der Waals surface area (Å²) in [5.74, 6) is -0.804. The number of hydrogen-bond donors (Lipinski definition) is 0. The van der Waals surface area contributed by atoms with Crippen LogP contribution in [0.25, 0.3) is 0 Å². The lowest BCUT2D eigenvalue weighted by molar-refractivity contribution is -0.384. The number of esters is 1. The highest BCUT2D eigenvalue weighted by Crippen LogP contribution is 2.32. The average molecular weight is 496 g/mol. The van der Waals surface area contributed by atoms with Gasteiger partial charge in [0.25, 0.3) is 11.6 Å². The summed E-state index contributed by atoms with van der Waals surface area (Å²) in [6, 6.07) is 3.57. The summed E-state index contributed by atoms with van der Waals surface area (Å²) in [6.45, 7) is 6.74. The van der Waals surface area contributed by atoms with Gasteiger partial charge in [0.1, 0.15) is 5.69 Å². The maximum Gasteiger partial charge on any atom is 0.338 e. The fraction of sp³-hybridized carbons (Fsp3) is 0.652. The Morgan fingerprint density at radius 3 is 2.50 bits per heavy atom. The van der Waals surface area contributed by atoms with E-state index in [1.54, 1.807) is 6.07 Å². The van der Waals surface area contributed by atoms with Crippen LogP contribution < -0.4 is 4.90 Å². The van der Waals surface area contributed by atoms with E-state index >= 15 is 0 Å². The van der Waals surface area contributed by atoms with E-state index in [0.717, 1.165) is 12.8 Å². The molecular formula is C23H33N3O7S. The van der Waals surface area contributed by atoms with Crippen LogP contribution in [0.15, 0.2) is 18.2 Å². The Balaban J connectivity index is 1.70. The van der Waals surface area contributed by atoms with Crippen molar-refractivity contribution in [3.63, 3.8) is 0 Å². The van der Waals surface area contributed by atoms with Gasteiger partial charge >= 0.3 is 5.97 Å². The summed E-state index contributed by atoms with van der Waals surface area (Å²) in [5, 5.41) is 11.7. The fourth-order valence-corrected chi connectivity index (χ4v) is 6.31. The first kappa shape index (κ1) is 25.9. The molecule has 0 saturated carbocycles. The van der Waals surface area contributed by atoms with Crippen LogP contribution in [0.3, 0.4) is 0 Å². The molecule has 2 aliphatic rings. The first-order valence-electron chi connectivity index (χ1n) is 11.7. The van der Waals surface area contributed by atoms with Gasteiger partial charge in [-0.15, -0.1) is 0 Å². The molecule has 11 heteroatoms. The predicted octanol–water partition coefficient (Wildman–Crippen LogP) is 2.80. The largest absolute Gasteiger partial charge is 0.452 e. The van der Waals surface area contributed by atoms with E-state index in [9.17, 15) is 28.1 Å². The molecule has 0 aromatic heterocycles. The second-order valence-corrected chi connectivity index (χ2v) is 11.6. The van der Waals surface area contributed by atoms with Gasteiger partial charge < -0.3 is 14.5 Å². The molecule has 0 spiro atoms. The van der Waals surface area contributed by atoms with Gasteiger partial charge in [0.15, 0.2) is 16.4 Å². The van der Waals surface area contributed by atoms with E-state index in [4.69, 9.17) is 4.74 Å². The number of hydrogen-bond acceptors (Lipinski definition) is 8. The highest BCUT2D eigenvalue weighted by atomic mass is 32.2. The number of piperidine rings is 1. The minimum absolute atomic E-state index is 0.00726. The SMILES string of the molecule is CC[C@@H](C)N(C(=O)COC(=O)c1ccc(N2CCC(C)CC2)c([N+](=O)[O-])c1)[C@H]1CCS(=O)(=O)C1. The minimum atomic E-state index is -3.19. The van der Waals surface area contributed by atoms with Gasteiger partial charge in [-0.3, -0.25) is 14.9 Å². The summed E-state index contributed by atoms with van der Waals surface area (Å²) in [7, 11) is -3.19. The highest BCUT2D eigenvalue weighted by Gasteiger charge is 2.37. The quantitative estimate of drug-likeness (QED) is 0.306. The zero-order valence-electron chi connectivity index (χ0n) is 19.9. The molecule has 0 aliphatic carbocycles. The molecule has 1 amide bonds. The first-order chi connectivity index (χ1) is 16.0. The number of benzene rings is 1. The number of ether oxygens (including phenoxy) is 1. The van der Waals surface area contributed by atoms with Crippen LogP contribution in [0.4, 0.5) is 11.4 Å². The van der Waals surface area contributed by atoms with Crippen molar-refractivity contribution in [2.45, 2.75) is 58.5 Å². The Hall–Kier alpha value is -2.69. The topological polar surface area (TPSA) is 127 Å². The van der Waals surface area contributed by atoms with Crippen LogP contribution >= 0.6 is 0 Å². The Morgan fingerprint density at radius 1 is 1.26 bits per heavy atom. The number of amides is 1. The number of sulfone groups is 1. The third-order valence-corrected chi connectivity index (χ3v) is 8.56. The molecule has 1 aromatic carbocycles. The number of nitrogens with zero attached hydrogens (tertiary/aromatic N) is 3. The van der Waals surface area contributed by atoms with Gasteiger partial charge in [-0.2, -0.15) is 0 Å². The summed E-state index contributed by atoms with van der Waals surface area (Å²) in [6.07, 6.45) is 2.87. The molecule has 2 atom stereocenters. The van der Waals surface area contributed by atoms with Gasteiger partial charge in [-0.25, -0.2) is 13.2 Å². The molecule has 2 fully saturated rings. The second-order valence-electron chi connectivity index (χ2n) is 9.32. The number of carbonyl (C=O) groups excluding carboxylic acids is 2. The zero-order valence-corrected chi connectivity index (χ0v) is 20.8. The predicted molar refractivity (Wildman–Crippen MR) is 128 cm³/mol. The van der Waals surface area contributed by atoms with E-state index in [0.29, 0.717) is 37.5 Å². The Morgan fingerprint density at radius 2 is 1.94 bits per heavy atom. The van der Waals surface area contributed by atoms with Crippen LogP contribution in [-0.4, -0.2) is 73.4 Å². The van der Waals surface area contributed by atoms with Crippen molar-refractivity contribution in [1.82, 2.24) is 4.90 Å². The summed E-state index contributed by atoms with van der Waals surface area (Å²) >= 11 is 0. The second kappa shape index (κ2) is 10.7. The van der Waals surface area contributed by atoms with Gasteiger partial charge in [-0.05, 0) is 50.7 Å². The Kier molecular flexibility index (Phi) is 8.17. The fourth-order valence-electron chi connectivity index (χ4n) is 4.60. The van der Waals surface area contributed by atoms with E-state index in [1.807, 2.05) is 18.7 Å². The molecule has 3 rings (SSSR count). The highest BCUT2D eigenvalue weighted by molar-refractivity contribution is 7.91. The van der Waals surface area contributed by atoms with Crippen molar-refractivity contribution >= 4 is 33.1 Å². The molecule has 34 heavy (non-hydrogen) atoms. The van der Waals surface area contributed by atoms with Gasteiger partial charge in [-0.1, -0.05) is 13.8 Å². The maximum absolute atomic E-state index is 12.9. The van der Waals surface area contributed by atoms with Crippen molar-refractivity contribution in [3.05, 3.63) is 33.9 Å². The number of rotatable bonds is 8. The molecule has 2 aliphatic heterocycles. The van der Waals surface area contributed by atoms with Crippen molar-refractivity contribution in [1.29, 1.82) is 0 Å². The minimum Gasteiger partial charge on any atom is -0.452 e. The number of nitro groups is 1.